The third kappa shape index (κ3) is 2.87. The van der Waals surface area contributed by atoms with E-state index in [1.54, 1.807) is 0 Å². The minimum absolute atomic E-state index is 0.188. The molecule has 0 bridgehead atoms. The summed E-state index contributed by atoms with van der Waals surface area (Å²) in [5.74, 6) is 5.05. The van der Waals surface area contributed by atoms with Crippen molar-refractivity contribution in [1.29, 1.82) is 0 Å². The van der Waals surface area contributed by atoms with Crippen LogP contribution in [0.1, 0.15) is 24.0 Å². The van der Waals surface area contributed by atoms with E-state index in [1.165, 1.54) is 0 Å². The van der Waals surface area contributed by atoms with E-state index in [9.17, 15) is 9.59 Å². The Kier molecular flexibility index (Phi) is 3.94. The standard InChI is InChI=1S/C13H17N3O2/c14-15-12(17)8-10-4-1-2-5-11(10)9-16-7-3-6-13(16)18/h1-2,4-5H,3,6-9,14H2,(H,15,17). The Bertz CT molecular complexity index is 459. The molecule has 0 unspecified atom stereocenters. The number of nitrogens with zero attached hydrogens (tertiary/aromatic N) is 1. The van der Waals surface area contributed by atoms with Crippen molar-refractivity contribution < 1.29 is 9.59 Å². The number of carbonyl (C=O) groups is 2. The van der Waals surface area contributed by atoms with Crippen LogP contribution < -0.4 is 11.3 Å². The number of carbonyl (C=O) groups excluding carboxylic acids is 2. The summed E-state index contributed by atoms with van der Waals surface area (Å²) >= 11 is 0. The van der Waals surface area contributed by atoms with Crippen LogP contribution in [0.2, 0.25) is 0 Å². The number of rotatable bonds is 4. The van der Waals surface area contributed by atoms with Gasteiger partial charge in [0.25, 0.3) is 0 Å². The Labute approximate surface area is 106 Å². The summed E-state index contributed by atoms with van der Waals surface area (Å²) in [6, 6.07) is 7.64. The van der Waals surface area contributed by atoms with Crippen molar-refractivity contribution in [3.8, 4) is 0 Å². The second-order valence-corrected chi connectivity index (χ2v) is 4.43. The Hall–Kier alpha value is -1.88. The number of likely N-dealkylation sites (tertiary alicyclic amines) is 1. The van der Waals surface area contributed by atoms with Gasteiger partial charge in [0.15, 0.2) is 0 Å². The maximum atomic E-state index is 11.6. The summed E-state index contributed by atoms with van der Waals surface area (Å²) in [4.78, 5) is 24.7. The lowest BCUT2D eigenvalue weighted by atomic mass is 10.0. The molecule has 2 amide bonds. The second-order valence-electron chi connectivity index (χ2n) is 4.43. The molecule has 0 atom stereocenters. The van der Waals surface area contributed by atoms with Gasteiger partial charge in [0.2, 0.25) is 11.8 Å². The predicted molar refractivity (Wildman–Crippen MR) is 67.1 cm³/mol. The van der Waals surface area contributed by atoms with Crippen LogP contribution in [0.3, 0.4) is 0 Å². The summed E-state index contributed by atoms with van der Waals surface area (Å²) in [6.45, 7) is 1.38. The molecular formula is C13H17N3O2. The zero-order valence-corrected chi connectivity index (χ0v) is 10.2. The van der Waals surface area contributed by atoms with Crippen molar-refractivity contribution in [3.05, 3.63) is 35.4 Å². The van der Waals surface area contributed by atoms with Gasteiger partial charge < -0.3 is 4.90 Å². The van der Waals surface area contributed by atoms with Crippen LogP contribution in [0, 0.1) is 0 Å². The Morgan fingerprint density at radius 2 is 2.06 bits per heavy atom. The predicted octanol–water partition coefficient (Wildman–Crippen LogP) is 0.341. The van der Waals surface area contributed by atoms with Gasteiger partial charge in [-0.3, -0.25) is 15.0 Å². The van der Waals surface area contributed by atoms with Gasteiger partial charge in [-0.1, -0.05) is 24.3 Å². The van der Waals surface area contributed by atoms with Crippen LogP contribution in [0.4, 0.5) is 0 Å². The number of hydrogen-bond donors (Lipinski definition) is 2. The molecule has 1 heterocycles. The number of hydrogen-bond acceptors (Lipinski definition) is 3. The average molecular weight is 247 g/mol. The highest BCUT2D eigenvalue weighted by Crippen LogP contribution is 2.17. The Morgan fingerprint density at radius 3 is 2.67 bits per heavy atom. The maximum Gasteiger partial charge on any atom is 0.238 e. The fourth-order valence-electron chi connectivity index (χ4n) is 2.19. The van der Waals surface area contributed by atoms with Gasteiger partial charge in [-0.25, -0.2) is 5.84 Å². The van der Waals surface area contributed by atoms with Crippen molar-refractivity contribution in [1.82, 2.24) is 10.3 Å². The van der Waals surface area contributed by atoms with Crippen LogP contribution in [0.25, 0.3) is 0 Å². The van der Waals surface area contributed by atoms with Gasteiger partial charge >= 0.3 is 0 Å². The van der Waals surface area contributed by atoms with Crippen molar-refractivity contribution in [2.75, 3.05) is 6.54 Å². The van der Waals surface area contributed by atoms with Gasteiger partial charge in [0, 0.05) is 19.5 Å². The van der Waals surface area contributed by atoms with E-state index in [0.29, 0.717) is 13.0 Å². The smallest absolute Gasteiger partial charge is 0.238 e. The normalized spacial score (nSPS) is 14.9. The highest BCUT2D eigenvalue weighted by molar-refractivity contribution is 5.79. The lowest BCUT2D eigenvalue weighted by Gasteiger charge is -2.17. The fraction of sp³-hybridized carbons (Fsp3) is 0.385. The Morgan fingerprint density at radius 1 is 1.33 bits per heavy atom. The van der Waals surface area contributed by atoms with Crippen LogP contribution >= 0.6 is 0 Å². The van der Waals surface area contributed by atoms with Gasteiger partial charge in [0.1, 0.15) is 0 Å². The van der Waals surface area contributed by atoms with E-state index in [-0.39, 0.29) is 18.2 Å². The van der Waals surface area contributed by atoms with Crippen LogP contribution in [-0.2, 0) is 22.6 Å². The summed E-state index contributed by atoms with van der Waals surface area (Å²) in [5, 5.41) is 0. The molecule has 5 heteroatoms. The molecule has 0 aliphatic carbocycles. The zero-order chi connectivity index (χ0) is 13.0. The molecule has 1 aliphatic heterocycles. The molecule has 0 radical (unpaired) electrons. The number of benzene rings is 1. The number of hydrazine groups is 1. The molecule has 1 fully saturated rings. The first-order chi connectivity index (χ1) is 8.70. The lowest BCUT2D eigenvalue weighted by Crippen LogP contribution is -2.32. The highest BCUT2D eigenvalue weighted by Gasteiger charge is 2.21. The minimum Gasteiger partial charge on any atom is -0.338 e. The minimum atomic E-state index is -0.227. The molecular weight excluding hydrogens is 230 g/mol. The third-order valence-electron chi connectivity index (χ3n) is 3.16. The average Bonchev–Trinajstić information content (AvgIpc) is 2.77. The molecule has 1 aromatic rings. The molecule has 0 aromatic heterocycles. The van der Waals surface area contributed by atoms with Crippen molar-refractivity contribution in [2.45, 2.75) is 25.8 Å². The molecule has 5 nitrogen and oxygen atoms in total. The van der Waals surface area contributed by atoms with Gasteiger partial charge in [0.05, 0.1) is 6.42 Å². The van der Waals surface area contributed by atoms with Crippen LogP contribution in [0.15, 0.2) is 24.3 Å². The molecule has 3 N–H and O–H groups in total. The molecule has 2 rings (SSSR count). The molecule has 96 valence electrons. The topological polar surface area (TPSA) is 75.4 Å². The number of amides is 2. The van der Waals surface area contributed by atoms with E-state index < -0.39 is 0 Å². The fourth-order valence-corrected chi connectivity index (χ4v) is 2.19. The monoisotopic (exact) mass is 247 g/mol. The first kappa shape index (κ1) is 12.6. The number of nitrogens with two attached hydrogens (primary N) is 1. The highest BCUT2D eigenvalue weighted by atomic mass is 16.2. The van der Waals surface area contributed by atoms with E-state index >= 15 is 0 Å². The summed E-state index contributed by atoms with van der Waals surface area (Å²) in [5.41, 5.74) is 4.05. The molecule has 0 spiro atoms. The van der Waals surface area contributed by atoms with E-state index in [0.717, 1.165) is 24.1 Å². The molecule has 18 heavy (non-hydrogen) atoms. The van der Waals surface area contributed by atoms with Crippen molar-refractivity contribution in [3.63, 3.8) is 0 Å². The first-order valence-electron chi connectivity index (χ1n) is 6.04. The molecule has 1 saturated heterocycles. The zero-order valence-electron chi connectivity index (χ0n) is 10.2. The number of nitrogens with one attached hydrogen (secondary N) is 1. The van der Waals surface area contributed by atoms with Crippen LogP contribution in [-0.4, -0.2) is 23.3 Å². The second kappa shape index (κ2) is 5.64. The molecule has 0 saturated carbocycles. The quantitative estimate of drug-likeness (QED) is 0.458. The van der Waals surface area contributed by atoms with E-state index in [1.807, 2.05) is 29.2 Å². The summed E-state index contributed by atoms with van der Waals surface area (Å²) in [6.07, 6.45) is 1.80. The molecule has 1 aliphatic rings. The van der Waals surface area contributed by atoms with Crippen molar-refractivity contribution >= 4 is 11.8 Å². The summed E-state index contributed by atoms with van der Waals surface area (Å²) < 4.78 is 0. The van der Waals surface area contributed by atoms with Gasteiger partial charge in [-0.05, 0) is 17.5 Å². The summed E-state index contributed by atoms with van der Waals surface area (Å²) in [7, 11) is 0. The largest absolute Gasteiger partial charge is 0.338 e. The van der Waals surface area contributed by atoms with Gasteiger partial charge in [-0.2, -0.15) is 0 Å². The van der Waals surface area contributed by atoms with Gasteiger partial charge in [-0.15, -0.1) is 0 Å². The molecule has 1 aromatic carbocycles. The van der Waals surface area contributed by atoms with Crippen molar-refractivity contribution in [2.24, 2.45) is 5.84 Å². The SMILES string of the molecule is NNC(=O)Cc1ccccc1CN1CCCC1=O. The Balaban J connectivity index is 2.11. The maximum absolute atomic E-state index is 11.6. The lowest BCUT2D eigenvalue weighted by molar-refractivity contribution is -0.128. The van der Waals surface area contributed by atoms with E-state index in [2.05, 4.69) is 5.43 Å². The first-order valence-corrected chi connectivity index (χ1v) is 6.04. The van der Waals surface area contributed by atoms with E-state index in [4.69, 9.17) is 5.84 Å². The third-order valence-corrected chi connectivity index (χ3v) is 3.16. The van der Waals surface area contributed by atoms with Crippen LogP contribution in [0.5, 0.6) is 0 Å².